The van der Waals surface area contributed by atoms with E-state index in [1.165, 1.54) is 6.07 Å². The third-order valence-electron chi connectivity index (χ3n) is 7.14. The van der Waals surface area contributed by atoms with Crippen LogP contribution in [0.1, 0.15) is 86.8 Å². The zero-order valence-electron chi connectivity index (χ0n) is 18.6. The summed E-state index contributed by atoms with van der Waals surface area (Å²) in [7, 11) is 0. The minimum atomic E-state index is -0.985. The molecule has 1 nitrogen and oxygen atoms in total. The summed E-state index contributed by atoms with van der Waals surface area (Å²) in [4.78, 5) is 0. The molecule has 0 aromatic heterocycles. The van der Waals surface area contributed by atoms with Crippen molar-refractivity contribution in [2.45, 2.75) is 70.1 Å². The van der Waals surface area contributed by atoms with E-state index < -0.39 is 23.3 Å². The fourth-order valence-electron chi connectivity index (χ4n) is 5.19. The van der Waals surface area contributed by atoms with Gasteiger partial charge in [-0.15, -0.1) is 0 Å². The third kappa shape index (κ3) is 4.44. The topological polar surface area (TPSA) is 9.23 Å². The molecule has 32 heavy (non-hydrogen) atoms. The number of rotatable bonds is 5. The van der Waals surface area contributed by atoms with E-state index in [1.54, 1.807) is 37.3 Å². The van der Waals surface area contributed by atoms with Gasteiger partial charge >= 0.3 is 0 Å². The summed E-state index contributed by atoms with van der Waals surface area (Å²) in [5, 5.41) is 0. The van der Waals surface area contributed by atoms with E-state index in [4.69, 9.17) is 4.74 Å². The molecular weight excluding hydrogens is 416 g/mol. The number of halogens is 4. The lowest BCUT2D eigenvalue weighted by Gasteiger charge is -2.28. The van der Waals surface area contributed by atoms with Crippen LogP contribution in [0.25, 0.3) is 0 Å². The first-order valence-electron chi connectivity index (χ1n) is 11.7. The van der Waals surface area contributed by atoms with Crippen LogP contribution in [0.15, 0.2) is 36.4 Å². The molecule has 172 valence electrons. The molecule has 1 saturated carbocycles. The predicted molar refractivity (Wildman–Crippen MR) is 118 cm³/mol. The zero-order chi connectivity index (χ0) is 22.8. The summed E-state index contributed by atoms with van der Waals surface area (Å²) in [6, 6.07) is 6.43. The molecular formula is C27H30F4O. The summed E-state index contributed by atoms with van der Waals surface area (Å²) in [5.74, 6) is -3.36. The van der Waals surface area contributed by atoms with Crippen LogP contribution < -0.4 is 4.74 Å². The van der Waals surface area contributed by atoms with E-state index in [0.717, 1.165) is 25.7 Å². The number of allylic oxidation sites excluding steroid dienone is 2. The van der Waals surface area contributed by atoms with Crippen LogP contribution >= 0.6 is 0 Å². The molecule has 0 spiro atoms. The second kappa shape index (κ2) is 9.68. The van der Waals surface area contributed by atoms with Crippen molar-refractivity contribution in [2.24, 2.45) is 5.92 Å². The van der Waals surface area contributed by atoms with E-state index >= 15 is 4.39 Å². The molecule has 0 bridgehead atoms. The SMILES string of the molecule is CCOc1ccc(C2C=CC(c3ccc(C4CCC(C)CC4)c(F)c3F)CC2)c(F)c1F. The van der Waals surface area contributed by atoms with Crippen molar-refractivity contribution < 1.29 is 22.3 Å². The Bertz CT molecular complexity index is 992. The lowest BCUT2D eigenvalue weighted by Crippen LogP contribution is -2.15. The van der Waals surface area contributed by atoms with E-state index in [0.29, 0.717) is 29.9 Å². The Morgan fingerprint density at radius 3 is 1.75 bits per heavy atom. The Morgan fingerprint density at radius 2 is 1.19 bits per heavy atom. The summed E-state index contributed by atoms with van der Waals surface area (Å²) < 4.78 is 63.8. The lowest BCUT2D eigenvalue weighted by molar-refractivity contribution is 0.313. The minimum Gasteiger partial charge on any atom is -0.491 e. The highest BCUT2D eigenvalue weighted by Gasteiger charge is 2.28. The van der Waals surface area contributed by atoms with Gasteiger partial charge in [0.15, 0.2) is 23.2 Å². The van der Waals surface area contributed by atoms with Gasteiger partial charge in [-0.05, 0) is 67.2 Å². The molecule has 1 fully saturated rings. The maximum Gasteiger partial charge on any atom is 0.200 e. The van der Waals surface area contributed by atoms with Crippen molar-refractivity contribution in [1.29, 1.82) is 0 Å². The van der Waals surface area contributed by atoms with Gasteiger partial charge in [0.05, 0.1) is 6.61 Å². The lowest BCUT2D eigenvalue weighted by atomic mass is 9.77. The van der Waals surface area contributed by atoms with Gasteiger partial charge in [-0.2, -0.15) is 4.39 Å². The molecule has 4 rings (SSSR count). The normalized spacial score (nSPS) is 25.7. The third-order valence-corrected chi connectivity index (χ3v) is 7.14. The summed E-state index contributed by atoms with van der Waals surface area (Å²) >= 11 is 0. The maximum absolute atomic E-state index is 15.0. The van der Waals surface area contributed by atoms with Gasteiger partial charge in [-0.1, -0.05) is 50.1 Å². The number of benzene rings is 2. The number of hydrogen-bond donors (Lipinski definition) is 0. The molecule has 2 aliphatic carbocycles. The molecule has 5 heteroatoms. The minimum absolute atomic E-state index is 0.0820. The summed E-state index contributed by atoms with van der Waals surface area (Å²) in [6.45, 7) is 4.16. The Hall–Kier alpha value is -2.30. The van der Waals surface area contributed by atoms with Gasteiger partial charge in [0.1, 0.15) is 0 Å². The van der Waals surface area contributed by atoms with Gasteiger partial charge in [0, 0.05) is 11.8 Å². The van der Waals surface area contributed by atoms with E-state index in [-0.39, 0.29) is 35.7 Å². The molecule has 2 aromatic carbocycles. The highest BCUT2D eigenvalue weighted by atomic mass is 19.2. The Balaban J connectivity index is 1.52. The van der Waals surface area contributed by atoms with Crippen LogP contribution in [0.3, 0.4) is 0 Å². The van der Waals surface area contributed by atoms with Gasteiger partial charge < -0.3 is 4.74 Å². The second-order valence-electron chi connectivity index (χ2n) is 9.22. The van der Waals surface area contributed by atoms with Crippen LogP contribution in [0.4, 0.5) is 17.6 Å². The molecule has 0 aliphatic heterocycles. The van der Waals surface area contributed by atoms with Crippen LogP contribution in [0, 0.1) is 29.2 Å². The first kappa shape index (κ1) is 22.9. The smallest absolute Gasteiger partial charge is 0.200 e. The zero-order valence-corrected chi connectivity index (χ0v) is 18.6. The average Bonchev–Trinajstić information content (AvgIpc) is 2.80. The van der Waals surface area contributed by atoms with Crippen molar-refractivity contribution in [1.82, 2.24) is 0 Å². The number of hydrogen-bond acceptors (Lipinski definition) is 1. The van der Waals surface area contributed by atoms with Crippen LogP contribution in [-0.2, 0) is 0 Å². The molecule has 0 radical (unpaired) electrons. The molecule has 2 atom stereocenters. The van der Waals surface area contributed by atoms with Gasteiger partial charge in [-0.25, -0.2) is 13.2 Å². The summed E-state index contributed by atoms with van der Waals surface area (Å²) in [6.07, 6.45) is 8.51. The van der Waals surface area contributed by atoms with Gasteiger partial charge in [-0.3, -0.25) is 0 Å². The Morgan fingerprint density at radius 1 is 0.688 bits per heavy atom. The van der Waals surface area contributed by atoms with Crippen LogP contribution in [0.5, 0.6) is 5.75 Å². The Kier molecular flexibility index (Phi) is 6.92. The molecule has 2 aromatic rings. The molecule has 0 saturated heterocycles. The van der Waals surface area contributed by atoms with Crippen molar-refractivity contribution in [3.8, 4) is 5.75 Å². The molecule has 0 amide bonds. The quantitative estimate of drug-likeness (QED) is 0.333. The van der Waals surface area contributed by atoms with Crippen LogP contribution in [0.2, 0.25) is 0 Å². The second-order valence-corrected chi connectivity index (χ2v) is 9.22. The monoisotopic (exact) mass is 446 g/mol. The largest absolute Gasteiger partial charge is 0.491 e. The van der Waals surface area contributed by atoms with E-state index in [1.807, 2.05) is 0 Å². The molecule has 0 N–H and O–H groups in total. The van der Waals surface area contributed by atoms with E-state index in [9.17, 15) is 13.2 Å². The van der Waals surface area contributed by atoms with Gasteiger partial charge in [0.2, 0.25) is 5.82 Å². The molecule has 0 heterocycles. The van der Waals surface area contributed by atoms with Crippen LogP contribution in [-0.4, -0.2) is 6.61 Å². The average molecular weight is 447 g/mol. The maximum atomic E-state index is 15.0. The van der Waals surface area contributed by atoms with Crippen molar-refractivity contribution in [3.05, 3.63) is 76.4 Å². The fraction of sp³-hybridized carbons (Fsp3) is 0.481. The Labute approximate surface area is 187 Å². The molecule has 2 aliphatic rings. The fourth-order valence-corrected chi connectivity index (χ4v) is 5.19. The van der Waals surface area contributed by atoms with Crippen molar-refractivity contribution in [2.75, 3.05) is 6.61 Å². The highest BCUT2D eigenvalue weighted by molar-refractivity contribution is 5.38. The van der Waals surface area contributed by atoms with Gasteiger partial charge in [0.25, 0.3) is 0 Å². The standard InChI is InChI=1S/C27H30F4O/c1-3-32-23-15-14-22(26(30)27(23)31)19-10-8-18(9-11-19)21-13-12-20(24(28)25(21)29)17-6-4-16(2)5-7-17/h8,10,12-19H,3-7,9,11H2,1-2H3. The highest BCUT2D eigenvalue weighted by Crippen LogP contribution is 2.41. The van der Waals surface area contributed by atoms with Crippen molar-refractivity contribution >= 4 is 0 Å². The summed E-state index contributed by atoms with van der Waals surface area (Å²) in [5.41, 5.74) is 1.08. The first-order valence-corrected chi connectivity index (χ1v) is 11.7. The predicted octanol–water partition coefficient (Wildman–Crippen LogP) is 8.15. The van der Waals surface area contributed by atoms with E-state index in [2.05, 4.69) is 6.92 Å². The molecule has 2 unspecified atom stereocenters. The first-order chi connectivity index (χ1) is 15.4. The van der Waals surface area contributed by atoms with Crippen molar-refractivity contribution in [3.63, 3.8) is 0 Å². The number of ether oxygens (including phenoxy) is 1.